The van der Waals surface area contributed by atoms with Gasteiger partial charge in [-0.3, -0.25) is 9.53 Å². The lowest BCUT2D eigenvalue weighted by molar-refractivity contribution is -0.357. The van der Waals surface area contributed by atoms with Crippen LogP contribution in [0.15, 0.2) is 29.2 Å². The molecule has 1 heterocycles. The van der Waals surface area contributed by atoms with Gasteiger partial charge in [-0.25, -0.2) is 4.39 Å². The molecule has 1 aromatic carbocycles. The minimum absolute atomic E-state index is 0.0235. The van der Waals surface area contributed by atoms with E-state index in [4.69, 9.17) is 25.5 Å². The maximum Gasteiger partial charge on any atom is 0.522 e. The van der Waals surface area contributed by atoms with E-state index in [0.717, 1.165) is 6.07 Å². The molecule has 8 nitrogen and oxygen atoms in total. The highest BCUT2D eigenvalue weighted by atomic mass is 35.5. The standard InChI is InChI=1S/C20H20ClF4N3O5/c1-11(4-5-26-17(29)9-30-13-6-14(7-13)33-20(23,24)25)19-28-27-18(32-19)10-31-12-2-3-15(21)16(22)8-12/h2-3,8,13-14H,1,4-7,9-10H2,(H,26,29). The van der Waals surface area contributed by atoms with Gasteiger partial charge in [0.25, 0.3) is 5.89 Å². The molecule has 0 spiro atoms. The fourth-order valence-electron chi connectivity index (χ4n) is 2.81. The lowest BCUT2D eigenvalue weighted by Gasteiger charge is -2.34. The number of amides is 1. The van der Waals surface area contributed by atoms with E-state index in [-0.39, 0.29) is 55.2 Å². The summed E-state index contributed by atoms with van der Waals surface area (Å²) in [5.41, 5.74) is 0.471. The summed E-state index contributed by atoms with van der Waals surface area (Å²) in [5.74, 6) is -0.490. The van der Waals surface area contributed by atoms with Gasteiger partial charge in [0.1, 0.15) is 18.2 Å². The zero-order chi connectivity index (χ0) is 24.0. The molecule has 33 heavy (non-hydrogen) atoms. The average Bonchev–Trinajstić information content (AvgIpc) is 3.19. The number of hydrogen-bond donors (Lipinski definition) is 1. The van der Waals surface area contributed by atoms with Gasteiger partial charge >= 0.3 is 6.36 Å². The predicted molar refractivity (Wildman–Crippen MR) is 107 cm³/mol. The van der Waals surface area contributed by atoms with E-state index in [0.29, 0.717) is 12.0 Å². The fourth-order valence-corrected chi connectivity index (χ4v) is 2.93. The third kappa shape index (κ3) is 7.98. The van der Waals surface area contributed by atoms with E-state index >= 15 is 0 Å². The zero-order valence-corrected chi connectivity index (χ0v) is 17.9. The monoisotopic (exact) mass is 493 g/mol. The maximum absolute atomic E-state index is 13.4. The van der Waals surface area contributed by atoms with Crippen LogP contribution in [0.2, 0.25) is 5.02 Å². The van der Waals surface area contributed by atoms with E-state index in [2.05, 4.69) is 26.8 Å². The number of carbonyl (C=O) groups is 1. The molecule has 1 aliphatic carbocycles. The van der Waals surface area contributed by atoms with Crippen molar-refractivity contribution in [2.24, 2.45) is 0 Å². The second kappa shape index (κ2) is 10.9. The predicted octanol–water partition coefficient (Wildman–Crippen LogP) is 4.04. The number of alkyl halides is 3. The number of hydrogen-bond acceptors (Lipinski definition) is 7. The van der Waals surface area contributed by atoms with Crippen molar-refractivity contribution in [3.8, 4) is 5.75 Å². The SMILES string of the molecule is C=C(CCNC(=O)COC1CC(OC(F)(F)F)C1)c1nnc(COc2ccc(Cl)c(F)c2)o1. The number of nitrogens with one attached hydrogen (secondary N) is 1. The second-order valence-electron chi connectivity index (χ2n) is 7.16. The van der Waals surface area contributed by atoms with Gasteiger partial charge < -0.3 is 19.2 Å². The molecule has 180 valence electrons. The summed E-state index contributed by atoms with van der Waals surface area (Å²) < 4.78 is 69.5. The van der Waals surface area contributed by atoms with E-state index < -0.39 is 30.3 Å². The Morgan fingerprint density at radius 3 is 2.73 bits per heavy atom. The summed E-state index contributed by atoms with van der Waals surface area (Å²) in [6.45, 7) is 3.66. The van der Waals surface area contributed by atoms with Crippen LogP contribution in [0, 0.1) is 5.82 Å². The summed E-state index contributed by atoms with van der Waals surface area (Å²) in [5, 5.41) is 10.2. The minimum atomic E-state index is -4.67. The number of ether oxygens (including phenoxy) is 3. The Morgan fingerprint density at radius 2 is 2.03 bits per heavy atom. The molecule has 1 fully saturated rings. The lowest BCUT2D eigenvalue weighted by Crippen LogP contribution is -2.42. The minimum Gasteiger partial charge on any atom is -0.484 e. The van der Waals surface area contributed by atoms with Crippen LogP contribution in [0.25, 0.3) is 5.57 Å². The quantitative estimate of drug-likeness (QED) is 0.472. The smallest absolute Gasteiger partial charge is 0.484 e. The van der Waals surface area contributed by atoms with Crippen molar-refractivity contribution in [3.63, 3.8) is 0 Å². The van der Waals surface area contributed by atoms with Crippen molar-refractivity contribution in [3.05, 3.63) is 47.4 Å². The second-order valence-corrected chi connectivity index (χ2v) is 7.57. The first-order chi connectivity index (χ1) is 15.6. The molecule has 0 aliphatic heterocycles. The number of nitrogens with zero attached hydrogens (tertiary/aromatic N) is 2. The van der Waals surface area contributed by atoms with Crippen molar-refractivity contribution in [1.29, 1.82) is 0 Å². The summed E-state index contributed by atoms with van der Waals surface area (Å²) >= 11 is 5.61. The molecular weight excluding hydrogens is 474 g/mol. The topological polar surface area (TPSA) is 95.7 Å². The van der Waals surface area contributed by atoms with Crippen molar-refractivity contribution in [1.82, 2.24) is 15.5 Å². The summed E-state index contributed by atoms with van der Waals surface area (Å²) in [6.07, 6.45) is -5.57. The van der Waals surface area contributed by atoms with Gasteiger partial charge in [-0.2, -0.15) is 0 Å². The molecule has 1 aromatic heterocycles. The summed E-state index contributed by atoms with van der Waals surface area (Å²) in [6, 6.07) is 3.98. The van der Waals surface area contributed by atoms with Crippen molar-refractivity contribution >= 4 is 23.1 Å². The van der Waals surface area contributed by atoms with Crippen molar-refractivity contribution < 1.29 is 41.0 Å². The molecule has 13 heteroatoms. The third-order valence-electron chi connectivity index (χ3n) is 4.57. The highest BCUT2D eigenvalue weighted by Gasteiger charge is 2.40. The van der Waals surface area contributed by atoms with Crippen LogP contribution in [-0.4, -0.2) is 47.8 Å². The molecule has 0 bridgehead atoms. The molecule has 1 N–H and O–H groups in total. The Hall–Kier alpha value is -2.70. The van der Waals surface area contributed by atoms with Gasteiger partial charge in [0.05, 0.1) is 17.2 Å². The first kappa shape index (κ1) is 24.9. The number of carbonyl (C=O) groups excluding carboxylic acids is 1. The number of halogens is 5. The first-order valence-corrected chi connectivity index (χ1v) is 10.2. The van der Waals surface area contributed by atoms with E-state index in [9.17, 15) is 22.4 Å². The molecular formula is C20H20ClF4N3O5. The molecule has 3 rings (SSSR count). The van der Waals surface area contributed by atoms with Gasteiger partial charge in [-0.05, 0) is 18.6 Å². The van der Waals surface area contributed by atoms with Crippen LogP contribution in [0.5, 0.6) is 5.75 Å². The molecule has 0 radical (unpaired) electrons. The van der Waals surface area contributed by atoms with Crippen LogP contribution >= 0.6 is 11.6 Å². The highest BCUT2D eigenvalue weighted by molar-refractivity contribution is 6.30. The normalized spacial score (nSPS) is 18.0. The van der Waals surface area contributed by atoms with E-state index in [1.54, 1.807) is 0 Å². The van der Waals surface area contributed by atoms with Crippen LogP contribution in [0.1, 0.15) is 31.0 Å². The molecule has 1 saturated carbocycles. The number of aromatic nitrogens is 2. The number of benzene rings is 1. The van der Waals surface area contributed by atoms with Gasteiger partial charge in [-0.15, -0.1) is 23.4 Å². The molecule has 2 aromatic rings. The Morgan fingerprint density at radius 1 is 1.27 bits per heavy atom. The summed E-state index contributed by atoms with van der Waals surface area (Å²) in [7, 11) is 0. The Labute approximate surface area is 190 Å². The van der Waals surface area contributed by atoms with Crippen LogP contribution in [0.4, 0.5) is 17.6 Å². The molecule has 0 saturated heterocycles. The van der Waals surface area contributed by atoms with Gasteiger partial charge in [0, 0.05) is 31.0 Å². The van der Waals surface area contributed by atoms with Crippen LogP contribution < -0.4 is 10.1 Å². The Bertz CT molecular complexity index is 979. The largest absolute Gasteiger partial charge is 0.522 e. The Balaban J connectivity index is 1.30. The Kier molecular flexibility index (Phi) is 8.27. The molecule has 1 aliphatic rings. The van der Waals surface area contributed by atoms with Crippen LogP contribution in [-0.2, 0) is 20.9 Å². The van der Waals surface area contributed by atoms with E-state index in [1.807, 2.05) is 0 Å². The zero-order valence-electron chi connectivity index (χ0n) is 17.2. The fraction of sp³-hybridized carbons (Fsp3) is 0.450. The number of rotatable bonds is 11. The van der Waals surface area contributed by atoms with Gasteiger partial charge in [-0.1, -0.05) is 18.2 Å². The van der Waals surface area contributed by atoms with Gasteiger partial charge in [0.2, 0.25) is 11.8 Å². The van der Waals surface area contributed by atoms with E-state index in [1.165, 1.54) is 12.1 Å². The van der Waals surface area contributed by atoms with Crippen LogP contribution in [0.3, 0.4) is 0 Å². The molecule has 0 unspecified atom stereocenters. The van der Waals surface area contributed by atoms with Gasteiger partial charge in [0.15, 0.2) is 6.61 Å². The molecule has 0 atom stereocenters. The highest BCUT2D eigenvalue weighted by Crippen LogP contribution is 2.32. The maximum atomic E-state index is 13.4. The average molecular weight is 494 g/mol. The third-order valence-corrected chi connectivity index (χ3v) is 4.88. The lowest BCUT2D eigenvalue weighted by atomic mass is 9.92. The van der Waals surface area contributed by atoms with Crippen molar-refractivity contribution in [2.75, 3.05) is 13.2 Å². The van der Waals surface area contributed by atoms with Crippen molar-refractivity contribution in [2.45, 2.75) is 44.4 Å². The summed E-state index contributed by atoms with van der Waals surface area (Å²) in [4.78, 5) is 11.8. The first-order valence-electron chi connectivity index (χ1n) is 9.80. The molecule has 1 amide bonds.